The average Bonchev–Trinajstić information content (AvgIpc) is 2.69. The number of hydrogen-bond acceptors (Lipinski definition) is 4. The first-order valence-electron chi connectivity index (χ1n) is 9.56. The van der Waals surface area contributed by atoms with Crippen molar-refractivity contribution >= 4 is 40.9 Å². The molecule has 2 aromatic rings. The number of aryl methyl sites for hydroxylation is 1. The Labute approximate surface area is 176 Å². The van der Waals surface area contributed by atoms with Crippen LogP contribution in [0.15, 0.2) is 48.0 Å². The van der Waals surface area contributed by atoms with Crippen molar-refractivity contribution in [2.75, 3.05) is 4.90 Å². The Morgan fingerprint density at radius 2 is 1.83 bits per heavy atom. The Morgan fingerprint density at radius 3 is 2.48 bits per heavy atom. The van der Waals surface area contributed by atoms with Gasteiger partial charge in [-0.15, -0.1) is 0 Å². The van der Waals surface area contributed by atoms with E-state index in [0.29, 0.717) is 5.69 Å². The van der Waals surface area contributed by atoms with E-state index in [-0.39, 0.29) is 16.8 Å². The monoisotopic (exact) mass is 408 g/mol. The summed E-state index contributed by atoms with van der Waals surface area (Å²) in [5.41, 5.74) is 3.41. The summed E-state index contributed by atoms with van der Waals surface area (Å²) in [4.78, 5) is 27.0. The zero-order valence-corrected chi connectivity index (χ0v) is 17.8. The predicted octanol–water partition coefficient (Wildman–Crippen LogP) is 4.31. The highest BCUT2D eigenvalue weighted by Crippen LogP contribution is 2.27. The van der Waals surface area contributed by atoms with Crippen molar-refractivity contribution in [2.45, 2.75) is 40.2 Å². The Hall–Kier alpha value is -2.99. The lowest BCUT2D eigenvalue weighted by atomic mass is 10.0. The second-order valence-corrected chi connectivity index (χ2v) is 7.47. The smallest absolute Gasteiger partial charge is 0.270 e. The lowest BCUT2D eigenvalue weighted by molar-refractivity contribution is -0.122. The van der Waals surface area contributed by atoms with Crippen LogP contribution < -0.4 is 15.0 Å². The van der Waals surface area contributed by atoms with Gasteiger partial charge in [0.25, 0.3) is 11.8 Å². The fourth-order valence-electron chi connectivity index (χ4n) is 2.98. The van der Waals surface area contributed by atoms with Gasteiger partial charge in [0.15, 0.2) is 5.11 Å². The van der Waals surface area contributed by atoms with E-state index in [1.165, 1.54) is 4.90 Å². The molecule has 0 aliphatic carbocycles. The summed E-state index contributed by atoms with van der Waals surface area (Å²) < 4.78 is 5.77. The van der Waals surface area contributed by atoms with Crippen molar-refractivity contribution in [3.05, 3.63) is 64.7 Å². The standard InChI is InChI=1S/C23H24N2O3S/c1-5-15(3)28-18-11-9-17(10-12-18)13-19-21(26)24-23(29)25(22(19)27)20-8-6-7-14(2)16(20)4/h6-13,15H,5H2,1-4H3,(H,24,26,29)/b19-13+/t15-/m1/s1. The normalized spacial score (nSPS) is 16.8. The number of carbonyl (C=O) groups is 2. The van der Waals surface area contributed by atoms with Crippen molar-refractivity contribution in [3.63, 3.8) is 0 Å². The van der Waals surface area contributed by atoms with Crippen molar-refractivity contribution in [1.82, 2.24) is 5.32 Å². The summed E-state index contributed by atoms with van der Waals surface area (Å²) in [6, 6.07) is 13.0. The van der Waals surface area contributed by atoms with Crippen LogP contribution in [0.3, 0.4) is 0 Å². The second kappa shape index (κ2) is 8.57. The molecule has 0 radical (unpaired) electrons. The Balaban J connectivity index is 1.92. The number of rotatable bonds is 5. The Morgan fingerprint density at radius 1 is 1.14 bits per heavy atom. The molecule has 0 spiro atoms. The number of carbonyl (C=O) groups excluding carboxylic acids is 2. The topological polar surface area (TPSA) is 58.6 Å². The van der Waals surface area contributed by atoms with Crippen LogP contribution in [0, 0.1) is 13.8 Å². The maximum absolute atomic E-state index is 13.2. The van der Waals surface area contributed by atoms with Gasteiger partial charge in [-0.05, 0) is 80.4 Å². The molecule has 1 aliphatic rings. The van der Waals surface area contributed by atoms with E-state index < -0.39 is 11.8 Å². The summed E-state index contributed by atoms with van der Waals surface area (Å²) >= 11 is 5.28. The molecular weight excluding hydrogens is 384 g/mol. The van der Waals surface area contributed by atoms with Crippen LogP contribution in [0.2, 0.25) is 0 Å². The van der Waals surface area contributed by atoms with Gasteiger partial charge in [0, 0.05) is 0 Å². The van der Waals surface area contributed by atoms with Crippen LogP contribution in [-0.4, -0.2) is 23.0 Å². The fraction of sp³-hybridized carbons (Fsp3) is 0.261. The SMILES string of the molecule is CC[C@@H](C)Oc1ccc(/C=C2\C(=O)NC(=S)N(c3cccc(C)c3C)C2=O)cc1. The minimum atomic E-state index is -0.499. The number of ether oxygens (including phenoxy) is 1. The summed E-state index contributed by atoms with van der Waals surface area (Å²) in [5.74, 6) is -0.187. The first-order valence-corrected chi connectivity index (χ1v) is 9.97. The van der Waals surface area contributed by atoms with Gasteiger partial charge < -0.3 is 4.74 Å². The maximum atomic E-state index is 13.2. The molecule has 0 bridgehead atoms. The fourth-order valence-corrected chi connectivity index (χ4v) is 3.25. The highest BCUT2D eigenvalue weighted by atomic mass is 32.1. The third-order valence-corrected chi connectivity index (χ3v) is 5.31. The number of benzene rings is 2. The number of nitrogens with one attached hydrogen (secondary N) is 1. The minimum absolute atomic E-state index is 0.0371. The van der Waals surface area contributed by atoms with E-state index in [4.69, 9.17) is 17.0 Å². The molecule has 1 heterocycles. The quantitative estimate of drug-likeness (QED) is 0.455. The van der Waals surface area contributed by atoms with Crippen LogP contribution in [0.5, 0.6) is 5.75 Å². The van der Waals surface area contributed by atoms with Gasteiger partial charge in [0.05, 0.1) is 11.8 Å². The van der Waals surface area contributed by atoms with Gasteiger partial charge in [0.2, 0.25) is 0 Å². The third kappa shape index (κ3) is 4.38. The van der Waals surface area contributed by atoms with Crippen LogP contribution in [0.25, 0.3) is 6.08 Å². The van der Waals surface area contributed by atoms with Gasteiger partial charge in [0.1, 0.15) is 11.3 Å². The Bertz CT molecular complexity index is 996. The molecule has 0 saturated carbocycles. The van der Waals surface area contributed by atoms with E-state index in [0.717, 1.165) is 28.9 Å². The van der Waals surface area contributed by atoms with Crippen molar-refractivity contribution in [3.8, 4) is 5.75 Å². The van der Waals surface area contributed by atoms with Crippen molar-refractivity contribution in [2.24, 2.45) is 0 Å². The van der Waals surface area contributed by atoms with Gasteiger partial charge in [-0.25, -0.2) is 0 Å². The Kier molecular flexibility index (Phi) is 6.13. The van der Waals surface area contributed by atoms with Gasteiger partial charge >= 0.3 is 0 Å². The third-order valence-electron chi connectivity index (χ3n) is 5.02. The molecule has 3 rings (SSSR count). The molecule has 29 heavy (non-hydrogen) atoms. The number of hydrogen-bond donors (Lipinski definition) is 1. The number of thiocarbonyl (C=S) groups is 1. The molecule has 1 aliphatic heterocycles. The first-order chi connectivity index (χ1) is 13.8. The largest absolute Gasteiger partial charge is 0.491 e. The predicted molar refractivity (Wildman–Crippen MR) is 119 cm³/mol. The van der Waals surface area contributed by atoms with Gasteiger partial charge in [-0.2, -0.15) is 0 Å². The van der Waals surface area contributed by atoms with E-state index >= 15 is 0 Å². The summed E-state index contributed by atoms with van der Waals surface area (Å²) in [6.07, 6.45) is 2.61. The van der Waals surface area contributed by atoms with E-state index in [1.54, 1.807) is 6.08 Å². The van der Waals surface area contributed by atoms with E-state index in [2.05, 4.69) is 12.2 Å². The highest BCUT2D eigenvalue weighted by molar-refractivity contribution is 7.80. The summed E-state index contributed by atoms with van der Waals surface area (Å²) in [6.45, 7) is 7.96. The molecule has 0 aromatic heterocycles. The molecule has 1 fully saturated rings. The van der Waals surface area contributed by atoms with Gasteiger partial charge in [-0.3, -0.25) is 19.8 Å². The minimum Gasteiger partial charge on any atom is -0.491 e. The molecule has 0 unspecified atom stereocenters. The highest BCUT2D eigenvalue weighted by Gasteiger charge is 2.35. The molecule has 5 nitrogen and oxygen atoms in total. The van der Waals surface area contributed by atoms with E-state index in [1.807, 2.05) is 63.2 Å². The molecular formula is C23H24N2O3S. The molecule has 1 atom stereocenters. The number of anilines is 1. The lowest BCUT2D eigenvalue weighted by Crippen LogP contribution is -2.54. The van der Waals surface area contributed by atoms with Crippen LogP contribution >= 0.6 is 12.2 Å². The summed E-state index contributed by atoms with van der Waals surface area (Å²) in [7, 11) is 0. The van der Waals surface area contributed by atoms with Crippen molar-refractivity contribution < 1.29 is 14.3 Å². The molecule has 150 valence electrons. The zero-order valence-electron chi connectivity index (χ0n) is 17.0. The van der Waals surface area contributed by atoms with Gasteiger partial charge in [-0.1, -0.05) is 31.2 Å². The average molecular weight is 409 g/mol. The lowest BCUT2D eigenvalue weighted by Gasteiger charge is -2.30. The molecule has 2 amide bonds. The van der Waals surface area contributed by atoms with Crippen molar-refractivity contribution in [1.29, 1.82) is 0 Å². The first kappa shape index (κ1) is 20.7. The number of nitrogens with zero attached hydrogens (tertiary/aromatic N) is 1. The number of amides is 2. The zero-order chi connectivity index (χ0) is 21.1. The van der Waals surface area contributed by atoms with Crippen LogP contribution in [0.4, 0.5) is 5.69 Å². The summed E-state index contributed by atoms with van der Waals surface area (Å²) in [5, 5.41) is 2.71. The maximum Gasteiger partial charge on any atom is 0.270 e. The van der Waals surface area contributed by atoms with Crippen LogP contribution in [0.1, 0.15) is 37.0 Å². The molecule has 2 aromatic carbocycles. The molecule has 1 saturated heterocycles. The van der Waals surface area contributed by atoms with Crippen LogP contribution in [-0.2, 0) is 9.59 Å². The van der Waals surface area contributed by atoms with E-state index in [9.17, 15) is 9.59 Å². The molecule has 1 N–H and O–H groups in total. The second-order valence-electron chi connectivity index (χ2n) is 7.08. The molecule has 6 heteroatoms.